The lowest BCUT2D eigenvalue weighted by Gasteiger charge is -2.34. The van der Waals surface area contributed by atoms with Crippen molar-refractivity contribution in [3.05, 3.63) is 33.5 Å². The molecule has 30 heavy (non-hydrogen) atoms. The van der Waals surface area contributed by atoms with Crippen molar-refractivity contribution < 1.29 is 23.7 Å². The Labute approximate surface area is 174 Å². The minimum atomic E-state index is -0.408. The van der Waals surface area contributed by atoms with E-state index in [0.29, 0.717) is 51.2 Å². The van der Waals surface area contributed by atoms with E-state index in [1.165, 1.54) is 6.07 Å². The normalized spacial score (nSPS) is 19.0. The van der Waals surface area contributed by atoms with E-state index in [2.05, 4.69) is 0 Å². The van der Waals surface area contributed by atoms with Crippen LogP contribution in [0.15, 0.2) is 21.3 Å². The Kier molecular flexibility index (Phi) is 3.86. The molecule has 6 nitrogen and oxygen atoms in total. The van der Waals surface area contributed by atoms with Crippen molar-refractivity contribution in [3.8, 4) is 23.0 Å². The zero-order valence-corrected chi connectivity index (χ0v) is 18.0. The van der Waals surface area contributed by atoms with Gasteiger partial charge in [0.2, 0.25) is 5.43 Å². The molecule has 0 saturated carbocycles. The lowest BCUT2D eigenvalue weighted by atomic mass is 9.90. The maximum absolute atomic E-state index is 13.8. The highest BCUT2D eigenvalue weighted by Crippen LogP contribution is 2.46. The van der Waals surface area contributed by atoms with Crippen LogP contribution < -0.4 is 19.6 Å². The molecule has 3 aromatic rings. The van der Waals surface area contributed by atoms with Gasteiger partial charge in [-0.3, -0.25) is 4.79 Å². The smallest absolute Gasteiger partial charge is 0.204 e. The Hall–Kier alpha value is -2.89. The fourth-order valence-corrected chi connectivity index (χ4v) is 4.59. The second-order valence-corrected chi connectivity index (χ2v) is 9.49. The topological polar surface area (TPSA) is 78.1 Å². The number of phenols is 1. The van der Waals surface area contributed by atoms with E-state index < -0.39 is 11.2 Å². The summed E-state index contributed by atoms with van der Waals surface area (Å²) < 4.78 is 24.0. The fourth-order valence-electron chi connectivity index (χ4n) is 4.59. The van der Waals surface area contributed by atoms with Crippen molar-refractivity contribution in [1.29, 1.82) is 0 Å². The number of aromatic hydroxyl groups is 1. The molecule has 0 spiro atoms. The highest BCUT2D eigenvalue weighted by Gasteiger charge is 2.35. The molecule has 158 valence electrons. The molecule has 5 rings (SSSR count). The van der Waals surface area contributed by atoms with Crippen LogP contribution >= 0.6 is 0 Å². The summed E-state index contributed by atoms with van der Waals surface area (Å²) in [4.78, 5) is 13.8. The first kappa shape index (κ1) is 19.1. The summed E-state index contributed by atoms with van der Waals surface area (Å²) in [6.45, 7) is 7.97. The maximum Gasteiger partial charge on any atom is 0.204 e. The van der Waals surface area contributed by atoms with Crippen molar-refractivity contribution in [2.75, 3.05) is 7.11 Å². The Balaban J connectivity index is 1.90. The van der Waals surface area contributed by atoms with E-state index in [0.717, 1.165) is 24.8 Å². The highest BCUT2D eigenvalue weighted by atomic mass is 16.5. The monoisotopic (exact) mass is 410 g/mol. The maximum atomic E-state index is 13.8. The van der Waals surface area contributed by atoms with E-state index in [1.54, 1.807) is 13.2 Å². The standard InChI is InChI=1S/C24H26O6/c1-23(2)9-7-13-18-16(10-14(25)21(13)29-23)28-17-11-15(27-5)12-6-8-24(3,4)30-22(12)19(17)20(18)26/h10-11,25H,6-9H2,1-5H3. The van der Waals surface area contributed by atoms with Gasteiger partial charge in [0.05, 0.1) is 12.5 Å². The van der Waals surface area contributed by atoms with E-state index in [9.17, 15) is 9.90 Å². The van der Waals surface area contributed by atoms with Crippen LogP contribution in [0.2, 0.25) is 0 Å². The summed E-state index contributed by atoms with van der Waals surface area (Å²) in [6.07, 6.45) is 2.94. The molecule has 1 aromatic heterocycles. The van der Waals surface area contributed by atoms with Gasteiger partial charge in [-0.15, -0.1) is 0 Å². The first-order chi connectivity index (χ1) is 14.1. The third-order valence-electron chi connectivity index (χ3n) is 6.23. The van der Waals surface area contributed by atoms with Crippen LogP contribution in [-0.4, -0.2) is 23.4 Å². The molecule has 1 N–H and O–H groups in total. The Morgan fingerprint density at radius 1 is 0.900 bits per heavy atom. The molecule has 3 heterocycles. The average molecular weight is 410 g/mol. The zero-order chi connectivity index (χ0) is 21.4. The minimum absolute atomic E-state index is 0.0184. The van der Waals surface area contributed by atoms with Gasteiger partial charge in [-0.05, 0) is 53.4 Å². The van der Waals surface area contributed by atoms with E-state index in [4.69, 9.17) is 18.6 Å². The molecular formula is C24H26O6. The van der Waals surface area contributed by atoms with Gasteiger partial charge < -0.3 is 23.7 Å². The number of ether oxygens (including phenoxy) is 3. The molecule has 0 bridgehead atoms. The largest absolute Gasteiger partial charge is 0.504 e. The Morgan fingerprint density at radius 3 is 2.17 bits per heavy atom. The first-order valence-electron chi connectivity index (χ1n) is 10.3. The van der Waals surface area contributed by atoms with Gasteiger partial charge in [0.25, 0.3) is 0 Å². The number of benzene rings is 2. The predicted molar refractivity (Wildman–Crippen MR) is 114 cm³/mol. The molecule has 0 radical (unpaired) electrons. The highest BCUT2D eigenvalue weighted by molar-refractivity contribution is 5.98. The van der Waals surface area contributed by atoms with Crippen molar-refractivity contribution in [2.24, 2.45) is 0 Å². The lowest BCUT2D eigenvalue weighted by Crippen LogP contribution is -2.34. The average Bonchev–Trinajstić information content (AvgIpc) is 2.66. The molecule has 2 aliphatic heterocycles. The van der Waals surface area contributed by atoms with Gasteiger partial charge in [0, 0.05) is 23.3 Å². The molecule has 0 aliphatic carbocycles. The van der Waals surface area contributed by atoms with Crippen LogP contribution in [0.25, 0.3) is 21.9 Å². The number of aryl methyl sites for hydroxylation is 1. The van der Waals surface area contributed by atoms with Crippen LogP contribution in [0.4, 0.5) is 0 Å². The van der Waals surface area contributed by atoms with Crippen molar-refractivity contribution in [2.45, 2.75) is 64.6 Å². The number of fused-ring (bicyclic) bond motifs is 6. The second-order valence-electron chi connectivity index (χ2n) is 9.49. The molecule has 2 aliphatic rings. The molecule has 0 amide bonds. The summed E-state index contributed by atoms with van der Waals surface area (Å²) in [5.41, 5.74) is 1.34. The number of methoxy groups -OCH3 is 1. The van der Waals surface area contributed by atoms with Crippen LogP contribution in [-0.2, 0) is 12.8 Å². The number of phenolic OH excluding ortho intramolecular Hbond substituents is 1. The molecule has 6 heteroatoms. The lowest BCUT2D eigenvalue weighted by molar-refractivity contribution is 0.0810. The van der Waals surface area contributed by atoms with Gasteiger partial charge in [-0.2, -0.15) is 0 Å². The first-order valence-corrected chi connectivity index (χ1v) is 10.3. The molecule has 2 aromatic carbocycles. The van der Waals surface area contributed by atoms with Crippen molar-refractivity contribution >= 4 is 21.9 Å². The second kappa shape index (κ2) is 6.06. The molecule has 0 fully saturated rings. The van der Waals surface area contributed by atoms with Gasteiger partial charge in [-0.1, -0.05) is 0 Å². The third kappa shape index (κ3) is 2.73. The molecule has 0 atom stereocenters. The SMILES string of the molecule is COc1cc2oc3cc(O)c4c(c3c(=O)c2c2c1CCC(C)(C)O2)CCC(C)(C)O4. The fraction of sp³-hybridized carbons (Fsp3) is 0.458. The van der Waals surface area contributed by atoms with Crippen LogP contribution in [0.5, 0.6) is 23.0 Å². The van der Waals surface area contributed by atoms with E-state index >= 15 is 0 Å². The van der Waals surface area contributed by atoms with Crippen molar-refractivity contribution in [3.63, 3.8) is 0 Å². The molecule has 0 unspecified atom stereocenters. The van der Waals surface area contributed by atoms with Gasteiger partial charge in [-0.25, -0.2) is 0 Å². The van der Waals surface area contributed by atoms with Crippen molar-refractivity contribution in [1.82, 2.24) is 0 Å². The summed E-state index contributed by atoms with van der Waals surface area (Å²) in [5.74, 6) is 1.53. The molecule has 0 saturated heterocycles. The Morgan fingerprint density at radius 2 is 1.50 bits per heavy atom. The van der Waals surface area contributed by atoms with Crippen LogP contribution in [0, 0.1) is 0 Å². The number of hydrogen-bond donors (Lipinski definition) is 1. The molecular weight excluding hydrogens is 384 g/mol. The summed E-state index contributed by atoms with van der Waals surface area (Å²) in [5, 5.41) is 11.4. The third-order valence-corrected chi connectivity index (χ3v) is 6.23. The summed E-state index contributed by atoms with van der Waals surface area (Å²) >= 11 is 0. The summed E-state index contributed by atoms with van der Waals surface area (Å²) in [6, 6.07) is 3.21. The minimum Gasteiger partial charge on any atom is -0.504 e. The quantitative estimate of drug-likeness (QED) is 0.577. The number of hydrogen-bond acceptors (Lipinski definition) is 6. The van der Waals surface area contributed by atoms with E-state index in [-0.39, 0.29) is 11.2 Å². The Bertz CT molecular complexity index is 1260. The van der Waals surface area contributed by atoms with Gasteiger partial charge in [0.1, 0.15) is 39.3 Å². The zero-order valence-electron chi connectivity index (χ0n) is 18.0. The van der Waals surface area contributed by atoms with Gasteiger partial charge >= 0.3 is 0 Å². The van der Waals surface area contributed by atoms with Gasteiger partial charge in [0.15, 0.2) is 11.5 Å². The van der Waals surface area contributed by atoms with E-state index in [1.807, 2.05) is 27.7 Å². The summed E-state index contributed by atoms with van der Waals surface area (Å²) in [7, 11) is 1.60. The van der Waals surface area contributed by atoms with Crippen LogP contribution in [0.3, 0.4) is 0 Å². The van der Waals surface area contributed by atoms with Crippen LogP contribution in [0.1, 0.15) is 51.7 Å². The number of rotatable bonds is 1. The predicted octanol–water partition coefficient (Wildman–Crippen LogP) is 4.87.